The van der Waals surface area contributed by atoms with E-state index in [1.54, 1.807) is 0 Å². The molecule has 0 unspecified atom stereocenters. The number of nitrogens with one attached hydrogen (secondary N) is 2. The Hall–Kier alpha value is -2.29. The van der Waals surface area contributed by atoms with Crippen molar-refractivity contribution in [3.63, 3.8) is 0 Å². The standard InChI is InChI=1S/C14H20N2O2.C2HF3O2/c1-15-12-7-8-13(9-12)16-14(17)18-10-11-5-3-2-4-6-11;3-2(4,5)1(6)7/h2-6,12-13,15H,7-10H2,1H3,(H,16,17);(H,6,7)/t12-,13+;/m1./s1. The van der Waals surface area contributed by atoms with Crippen LogP contribution in [-0.2, 0) is 16.1 Å². The maximum Gasteiger partial charge on any atom is 0.490 e. The molecule has 3 N–H and O–H groups in total. The molecule has 9 heteroatoms. The minimum Gasteiger partial charge on any atom is -0.475 e. The second-order valence-electron chi connectivity index (χ2n) is 5.50. The SMILES string of the molecule is CN[C@@H]1CC[C@H](NC(=O)OCc2ccccc2)C1.O=C(O)C(F)(F)F. The first-order valence-electron chi connectivity index (χ1n) is 7.67. The van der Waals surface area contributed by atoms with Gasteiger partial charge in [0.1, 0.15) is 6.61 Å². The fourth-order valence-electron chi connectivity index (χ4n) is 2.31. The lowest BCUT2D eigenvalue weighted by Gasteiger charge is -2.13. The molecule has 0 spiro atoms. The summed E-state index contributed by atoms with van der Waals surface area (Å²) in [6.07, 6.45) is -2.29. The highest BCUT2D eigenvalue weighted by atomic mass is 19.4. The van der Waals surface area contributed by atoms with E-state index in [4.69, 9.17) is 14.6 Å². The van der Waals surface area contributed by atoms with E-state index in [9.17, 15) is 18.0 Å². The number of amides is 1. The molecule has 0 aliphatic heterocycles. The topological polar surface area (TPSA) is 87.7 Å². The number of aliphatic carboxylic acids is 1. The van der Waals surface area contributed by atoms with Crippen molar-refractivity contribution < 1.29 is 32.6 Å². The van der Waals surface area contributed by atoms with E-state index in [1.165, 1.54) is 0 Å². The Bertz CT molecular complexity index is 552. The van der Waals surface area contributed by atoms with Gasteiger partial charge in [0.2, 0.25) is 0 Å². The van der Waals surface area contributed by atoms with E-state index < -0.39 is 12.1 Å². The van der Waals surface area contributed by atoms with Crippen LogP contribution in [0.3, 0.4) is 0 Å². The van der Waals surface area contributed by atoms with Crippen LogP contribution in [0.25, 0.3) is 0 Å². The number of rotatable bonds is 4. The number of carboxylic acids is 1. The van der Waals surface area contributed by atoms with Crippen LogP contribution >= 0.6 is 0 Å². The van der Waals surface area contributed by atoms with Crippen molar-refractivity contribution in [1.29, 1.82) is 0 Å². The highest BCUT2D eigenvalue weighted by Crippen LogP contribution is 2.18. The summed E-state index contributed by atoms with van der Waals surface area (Å²) in [6, 6.07) is 10.5. The zero-order valence-corrected chi connectivity index (χ0v) is 13.7. The van der Waals surface area contributed by atoms with Gasteiger partial charge in [-0.05, 0) is 31.9 Å². The predicted octanol–water partition coefficient (Wildman–Crippen LogP) is 2.69. The number of hydrogen-bond acceptors (Lipinski definition) is 4. The normalized spacial score (nSPS) is 19.5. The van der Waals surface area contributed by atoms with Crippen LogP contribution in [0.1, 0.15) is 24.8 Å². The van der Waals surface area contributed by atoms with Gasteiger partial charge in [-0.25, -0.2) is 9.59 Å². The number of alkyl carbamates (subject to hydrolysis) is 1. The molecule has 0 bridgehead atoms. The number of alkyl halides is 3. The molecule has 0 aromatic heterocycles. The van der Waals surface area contributed by atoms with Gasteiger partial charge in [0.05, 0.1) is 0 Å². The van der Waals surface area contributed by atoms with Crippen LogP contribution in [0.5, 0.6) is 0 Å². The minimum absolute atomic E-state index is 0.241. The Labute approximate surface area is 143 Å². The third kappa shape index (κ3) is 8.39. The molecule has 6 nitrogen and oxygen atoms in total. The van der Waals surface area contributed by atoms with Crippen LogP contribution in [0.4, 0.5) is 18.0 Å². The summed E-state index contributed by atoms with van der Waals surface area (Å²) in [5.74, 6) is -2.76. The van der Waals surface area contributed by atoms with Crippen LogP contribution in [-0.4, -0.2) is 42.5 Å². The van der Waals surface area contributed by atoms with Gasteiger partial charge in [-0.15, -0.1) is 0 Å². The third-order valence-electron chi connectivity index (χ3n) is 3.62. The molecule has 2 rings (SSSR count). The van der Waals surface area contributed by atoms with E-state index in [-0.39, 0.29) is 12.1 Å². The van der Waals surface area contributed by atoms with Crippen LogP contribution < -0.4 is 10.6 Å². The van der Waals surface area contributed by atoms with Gasteiger partial charge in [0, 0.05) is 12.1 Å². The van der Waals surface area contributed by atoms with Crippen molar-refractivity contribution >= 4 is 12.1 Å². The Morgan fingerprint density at radius 2 is 1.76 bits per heavy atom. The molecule has 2 atom stereocenters. The lowest BCUT2D eigenvalue weighted by molar-refractivity contribution is -0.192. The molecule has 1 fully saturated rings. The molecule has 1 amide bonds. The summed E-state index contributed by atoms with van der Waals surface area (Å²) >= 11 is 0. The molecule has 25 heavy (non-hydrogen) atoms. The summed E-state index contributed by atoms with van der Waals surface area (Å²) in [6.45, 7) is 0.328. The predicted molar refractivity (Wildman–Crippen MR) is 83.9 cm³/mol. The molecular weight excluding hydrogens is 341 g/mol. The third-order valence-corrected chi connectivity index (χ3v) is 3.62. The lowest BCUT2D eigenvalue weighted by atomic mass is 10.2. The summed E-state index contributed by atoms with van der Waals surface area (Å²) in [7, 11) is 1.96. The van der Waals surface area contributed by atoms with Crippen molar-refractivity contribution in [1.82, 2.24) is 10.6 Å². The Morgan fingerprint density at radius 1 is 1.20 bits per heavy atom. The second-order valence-corrected chi connectivity index (χ2v) is 5.50. The molecule has 0 saturated heterocycles. The molecule has 1 aromatic carbocycles. The van der Waals surface area contributed by atoms with Gasteiger partial charge in [0.25, 0.3) is 0 Å². The van der Waals surface area contributed by atoms with Gasteiger partial charge in [-0.3, -0.25) is 0 Å². The van der Waals surface area contributed by atoms with E-state index in [0.29, 0.717) is 12.6 Å². The summed E-state index contributed by atoms with van der Waals surface area (Å²) in [4.78, 5) is 20.5. The number of carbonyl (C=O) groups excluding carboxylic acids is 1. The van der Waals surface area contributed by atoms with Crippen LogP contribution in [0.2, 0.25) is 0 Å². The van der Waals surface area contributed by atoms with Gasteiger partial charge in [0.15, 0.2) is 0 Å². The number of hydrogen-bond donors (Lipinski definition) is 3. The summed E-state index contributed by atoms with van der Waals surface area (Å²) in [5.41, 5.74) is 1.01. The van der Waals surface area contributed by atoms with Crippen molar-refractivity contribution in [2.75, 3.05) is 7.05 Å². The smallest absolute Gasteiger partial charge is 0.475 e. The fraction of sp³-hybridized carbons (Fsp3) is 0.500. The Balaban J connectivity index is 0.000000381. The average molecular weight is 362 g/mol. The number of carbonyl (C=O) groups is 2. The molecule has 1 aromatic rings. The maximum absolute atomic E-state index is 11.6. The molecule has 0 radical (unpaired) electrons. The van der Waals surface area contributed by atoms with E-state index in [2.05, 4.69) is 10.6 Å². The molecule has 1 saturated carbocycles. The van der Waals surface area contributed by atoms with Crippen molar-refractivity contribution in [3.8, 4) is 0 Å². The molecular formula is C16H21F3N2O4. The van der Waals surface area contributed by atoms with Gasteiger partial charge in [-0.1, -0.05) is 30.3 Å². The zero-order chi connectivity index (χ0) is 18.9. The lowest BCUT2D eigenvalue weighted by Crippen LogP contribution is -2.34. The number of benzene rings is 1. The maximum atomic E-state index is 11.6. The minimum atomic E-state index is -5.08. The van der Waals surface area contributed by atoms with Gasteiger partial charge < -0.3 is 20.5 Å². The van der Waals surface area contributed by atoms with Crippen LogP contribution in [0, 0.1) is 0 Å². The first kappa shape index (κ1) is 20.8. The number of carboxylic acid groups (broad SMARTS) is 1. The largest absolute Gasteiger partial charge is 0.490 e. The van der Waals surface area contributed by atoms with Gasteiger partial charge in [-0.2, -0.15) is 13.2 Å². The monoisotopic (exact) mass is 362 g/mol. The molecule has 1 aliphatic rings. The Morgan fingerprint density at radius 3 is 2.24 bits per heavy atom. The average Bonchev–Trinajstić information content (AvgIpc) is 3.01. The molecule has 0 heterocycles. The number of halogens is 3. The van der Waals surface area contributed by atoms with Crippen molar-refractivity contribution in [2.24, 2.45) is 0 Å². The quantitative estimate of drug-likeness (QED) is 0.767. The van der Waals surface area contributed by atoms with Gasteiger partial charge >= 0.3 is 18.2 Å². The van der Waals surface area contributed by atoms with E-state index >= 15 is 0 Å². The van der Waals surface area contributed by atoms with Crippen molar-refractivity contribution in [2.45, 2.75) is 44.1 Å². The van der Waals surface area contributed by atoms with E-state index in [1.807, 2.05) is 37.4 Å². The molecule has 140 valence electrons. The highest BCUT2D eigenvalue weighted by molar-refractivity contribution is 5.73. The highest BCUT2D eigenvalue weighted by Gasteiger charge is 2.38. The second kappa shape index (κ2) is 9.87. The first-order chi connectivity index (χ1) is 11.7. The zero-order valence-electron chi connectivity index (χ0n) is 13.7. The first-order valence-corrected chi connectivity index (χ1v) is 7.67. The Kier molecular flexibility index (Phi) is 8.20. The van der Waals surface area contributed by atoms with Crippen molar-refractivity contribution in [3.05, 3.63) is 35.9 Å². The van der Waals surface area contributed by atoms with E-state index in [0.717, 1.165) is 24.8 Å². The van der Waals surface area contributed by atoms with Crippen LogP contribution in [0.15, 0.2) is 30.3 Å². The fourth-order valence-corrected chi connectivity index (χ4v) is 2.31. The summed E-state index contributed by atoms with van der Waals surface area (Å²) < 4.78 is 36.9. The molecule has 1 aliphatic carbocycles. The number of ether oxygens (including phenoxy) is 1. The summed E-state index contributed by atoms with van der Waals surface area (Å²) in [5, 5.41) is 13.3.